The Hall–Kier alpha value is -8.45. The highest BCUT2D eigenvalue weighted by atomic mass is 32.1. The third kappa shape index (κ3) is 6.33. The summed E-state index contributed by atoms with van der Waals surface area (Å²) in [5.41, 5.74) is 10.1. The van der Waals surface area contributed by atoms with Gasteiger partial charge in [0.1, 0.15) is 11.2 Å². The van der Waals surface area contributed by atoms with E-state index in [2.05, 4.69) is 188 Å². The number of nitrogens with zero attached hydrogens (tertiary/aromatic N) is 4. The van der Waals surface area contributed by atoms with Crippen molar-refractivity contribution in [2.75, 3.05) is 0 Å². The molecule has 10 aromatic carbocycles. The fourth-order valence-electron chi connectivity index (χ4n) is 10.2. The molecule has 322 valence electrons. The van der Waals surface area contributed by atoms with E-state index in [1.54, 1.807) is 0 Å². The minimum atomic E-state index is 0.539. The molecule has 0 N–H and O–H groups in total. The highest BCUT2D eigenvalue weighted by Crippen LogP contribution is 2.46. The van der Waals surface area contributed by atoms with Crippen LogP contribution in [0.2, 0.25) is 0 Å². The third-order valence-corrected chi connectivity index (χ3v) is 14.3. The molecule has 0 amide bonds. The zero-order chi connectivity index (χ0) is 45.3. The molecule has 0 unspecified atom stereocenters. The SMILES string of the molecule is CCC.c1ccc(-c2nc(-c3ccc4c(c3)oc3ccccc34)nc(-n3c4c(-c5cccc(-c6cccc7c6sc6ccccc67)c5)cccc4c4c5ccccc5c5ccccc5c43)n2)cc1. The summed E-state index contributed by atoms with van der Waals surface area (Å²) in [5.74, 6) is 1.69. The molecule has 0 atom stereocenters. The van der Waals surface area contributed by atoms with Crippen LogP contribution in [0.4, 0.5) is 0 Å². The summed E-state index contributed by atoms with van der Waals surface area (Å²) < 4.78 is 11.3. The molecule has 68 heavy (non-hydrogen) atoms. The standard InChI is InChI=1S/C59H34N4OS.C3H8/c1-2-15-35(16-3-1)57-60-58(38-31-32-44-43-21-8-10-29-50(43)64-51(44)34-38)62-59(61-57)63-54-39(25-13-28-49(54)53-46-23-6-4-19-41(46)42-20-5-7-24-47(42)55(53)63)36-17-12-18-37(33-36)40-26-14-27-48-45-22-9-11-30-52(45)65-56(40)48;1-3-2/h1-34H;3H2,1-2H3. The Balaban J connectivity index is 0.00000149. The smallest absolute Gasteiger partial charge is 0.238 e. The molecule has 4 heterocycles. The first-order valence-electron chi connectivity index (χ1n) is 23.3. The third-order valence-electron chi connectivity index (χ3n) is 13.0. The molecule has 0 spiro atoms. The average molecular weight is 891 g/mol. The lowest BCUT2D eigenvalue weighted by atomic mass is 9.95. The first kappa shape index (κ1) is 39.9. The van der Waals surface area contributed by atoms with E-state index < -0.39 is 0 Å². The summed E-state index contributed by atoms with van der Waals surface area (Å²) in [7, 11) is 0. The monoisotopic (exact) mass is 890 g/mol. The van der Waals surface area contributed by atoms with Gasteiger partial charge in [-0.05, 0) is 63.2 Å². The normalized spacial score (nSPS) is 11.7. The van der Waals surface area contributed by atoms with Crippen LogP contribution in [0.25, 0.3) is 136 Å². The van der Waals surface area contributed by atoms with Gasteiger partial charge in [0.25, 0.3) is 0 Å². The fourth-order valence-corrected chi connectivity index (χ4v) is 11.4. The molecule has 0 aliphatic rings. The topological polar surface area (TPSA) is 56.7 Å². The van der Waals surface area contributed by atoms with Crippen LogP contribution in [0.1, 0.15) is 20.3 Å². The summed E-state index contributed by atoms with van der Waals surface area (Å²) in [5, 5.41) is 11.7. The van der Waals surface area contributed by atoms with Crippen molar-refractivity contribution in [3.8, 4) is 51.0 Å². The molecule has 0 fully saturated rings. The van der Waals surface area contributed by atoms with Crippen molar-refractivity contribution in [3.63, 3.8) is 0 Å². The van der Waals surface area contributed by atoms with E-state index in [1.807, 2.05) is 47.7 Å². The molecule has 0 radical (unpaired) electrons. The van der Waals surface area contributed by atoms with Crippen molar-refractivity contribution in [1.29, 1.82) is 0 Å². The van der Waals surface area contributed by atoms with Crippen molar-refractivity contribution in [3.05, 3.63) is 206 Å². The fraction of sp³-hybridized carbons (Fsp3) is 0.0484. The molecule has 14 rings (SSSR count). The first-order chi connectivity index (χ1) is 33.6. The van der Waals surface area contributed by atoms with Crippen molar-refractivity contribution in [2.24, 2.45) is 0 Å². The molecule has 4 aromatic heterocycles. The summed E-state index contributed by atoms with van der Waals surface area (Å²) in [4.78, 5) is 16.1. The van der Waals surface area contributed by atoms with Gasteiger partial charge in [-0.1, -0.05) is 196 Å². The molecular weight excluding hydrogens is 849 g/mol. The van der Waals surface area contributed by atoms with Gasteiger partial charge in [0.2, 0.25) is 5.95 Å². The number of thiophene rings is 1. The molecule has 0 saturated carbocycles. The highest BCUT2D eigenvalue weighted by molar-refractivity contribution is 7.26. The largest absolute Gasteiger partial charge is 0.456 e. The van der Waals surface area contributed by atoms with Crippen LogP contribution in [0, 0.1) is 0 Å². The molecule has 6 heteroatoms. The molecule has 5 nitrogen and oxygen atoms in total. The van der Waals surface area contributed by atoms with Crippen LogP contribution < -0.4 is 0 Å². The Labute approximate surface area is 396 Å². The second-order valence-corrected chi connectivity index (χ2v) is 18.4. The van der Waals surface area contributed by atoms with Crippen LogP contribution in [0.5, 0.6) is 0 Å². The van der Waals surface area contributed by atoms with Crippen molar-refractivity contribution in [2.45, 2.75) is 20.3 Å². The van der Waals surface area contributed by atoms with E-state index in [4.69, 9.17) is 19.4 Å². The van der Waals surface area contributed by atoms with Crippen LogP contribution >= 0.6 is 11.3 Å². The van der Waals surface area contributed by atoms with Crippen molar-refractivity contribution >= 4 is 96.8 Å². The van der Waals surface area contributed by atoms with Gasteiger partial charge in [0.05, 0.1) is 11.0 Å². The molecule has 0 saturated heterocycles. The minimum absolute atomic E-state index is 0.539. The summed E-state index contributed by atoms with van der Waals surface area (Å²) >= 11 is 1.86. The maximum atomic E-state index is 6.41. The number of aromatic nitrogens is 4. The van der Waals surface area contributed by atoms with Gasteiger partial charge < -0.3 is 4.42 Å². The number of hydrogen-bond donors (Lipinski definition) is 0. The Morgan fingerprint density at radius 1 is 0.397 bits per heavy atom. The Morgan fingerprint density at radius 2 is 0.956 bits per heavy atom. The van der Waals surface area contributed by atoms with Crippen molar-refractivity contribution in [1.82, 2.24) is 19.5 Å². The van der Waals surface area contributed by atoms with Gasteiger partial charge >= 0.3 is 0 Å². The van der Waals surface area contributed by atoms with Crippen LogP contribution in [-0.2, 0) is 0 Å². The van der Waals surface area contributed by atoms with Gasteiger partial charge in [-0.3, -0.25) is 4.57 Å². The summed E-state index contributed by atoms with van der Waals surface area (Å²) in [6.45, 7) is 4.25. The van der Waals surface area contributed by atoms with Gasteiger partial charge in [0, 0.05) is 63.8 Å². The van der Waals surface area contributed by atoms with E-state index in [0.29, 0.717) is 17.6 Å². The number of hydrogen-bond acceptors (Lipinski definition) is 5. The second kappa shape index (κ2) is 16.2. The Bertz CT molecular complexity index is 4280. The predicted octanol–water partition coefficient (Wildman–Crippen LogP) is 17.6. The molecule has 0 bridgehead atoms. The molecule has 0 aliphatic heterocycles. The Kier molecular flexibility index (Phi) is 9.48. The van der Waals surface area contributed by atoms with E-state index in [1.165, 1.54) is 53.9 Å². The van der Waals surface area contributed by atoms with E-state index >= 15 is 0 Å². The quantitative estimate of drug-likeness (QED) is 0.162. The number of benzene rings is 10. The lowest BCUT2D eigenvalue weighted by Crippen LogP contribution is -2.07. The second-order valence-electron chi connectivity index (χ2n) is 17.4. The van der Waals surface area contributed by atoms with Gasteiger partial charge in [-0.15, -0.1) is 11.3 Å². The minimum Gasteiger partial charge on any atom is -0.456 e. The molecule has 14 aromatic rings. The number of fused-ring (bicyclic) bond motifs is 14. The first-order valence-corrected chi connectivity index (χ1v) is 24.1. The van der Waals surface area contributed by atoms with E-state index in [0.717, 1.165) is 71.4 Å². The molecule has 0 aliphatic carbocycles. The number of para-hydroxylation sites is 2. The number of furan rings is 1. The van der Waals surface area contributed by atoms with Crippen LogP contribution in [0.3, 0.4) is 0 Å². The predicted molar refractivity (Wildman–Crippen MR) is 287 cm³/mol. The Morgan fingerprint density at radius 3 is 1.75 bits per heavy atom. The maximum absolute atomic E-state index is 6.41. The molecular formula is C62H42N4OS. The average Bonchev–Trinajstić information content (AvgIpc) is 4.09. The highest BCUT2D eigenvalue weighted by Gasteiger charge is 2.25. The zero-order valence-electron chi connectivity index (χ0n) is 37.4. The van der Waals surface area contributed by atoms with Gasteiger partial charge in [-0.25, -0.2) is 4.98 Å². The summed E-state index contributed by atoms with van der Waals surface area (Å²) in [6, 6.07) is 73.3. The van der Waals surface area contributed by atoms with E-state index in [9.17, 15) is 0 Å². The lowest BCUT2D eigenvalue weighted by Gasteiger charge is -2.15. The lowest BCUT2D eigenvalue weighted by molar-refractivity contribution is 0.669. The van der Waals surface area contributed by atoms with Crippen LogP contribution in [0.15, 0.2) is 211 Å². The van der Waals surface area contributed by atoms with E-state index in [-0.39, 0.29) is 0 Å². The summed E-state index contributed by atoms with van der Waals surface area (Å²) in [6.07, 6.45) is 1.25. The van der Waals surface area contributed by atoms with Gasteiger partial charge in [-0.2, -0.15) is 9.97 Å². The van der Waals surface area contributed by atoms with Crippen LogP contribution in [-0.4, -0.2) is 19.5 Å². The zero-order valence-corrected chi connectivity index (χ0v) is 38.3. The maximum Gasteiger partial charge on any atom is 0.238 e. The van der Waals surface area contributed by atoms with Crippen molar-refractivity contribution < 1.29 is 4.42 Å². The van der Waals surface area contributed by atoms with Gasteiger partial charge in [0.15, 0.2) is 11.6 Å². The number of rotatable bonds is 5.